The van der Waals surface area contributed by atoms with Crippen LogP contribution in [0.2, 0.25) is 10.0 Å². The van der Waals surface area contributed by atoms with Crippen molar-refractivity contribution in [2.24, 2.45) is 0 Å². The molecule has 0 unspecified atom stereocenters. The molecule has 0 aliphatic heterocycles. The number of halogens is 3. The van der Waals surface area contributed by atoms with Gasteiger partial charge in [-0.3, -0.25) is 13.9 Å². The van der Waals surface area contributed by atoms with E-state index in [0.717, 1.165) is 4.31 Å². The number of nitrogens with zero attached hydrogens (tertiary/aromatic N) is 2. The van der Waals surface area contributed by atoms with Gasteiger partial charge in [0.1, 0.15) is 18.4 Å². The third-order valence-electron chi connectivity index (χ3n) is 5.59. The molecule has 0 radical (unpaired) electrons. The minimum atomic E-state index is -4.26. The van der Waals surface area contributed by atoms with Crippen LogP contribution in [0.15, 0.2) is 77.7 Å². The zero-order valence-electron chi connectivity index (χ0n) is 20.2. The molecule has 11 heteroatoms. The summed E-state index contributed by atoms with van der Waals surface area (Å²) in [6.07, 6.45) is 0. The Kier molecular flexibility index (Phi) is 9.53. The van der Waals surface area contributed by atoms with Crippen LogP contribution in [0, 0.1) is 5.82 Å². The Bertz CT molecular complexity index is 1360. The summed E-state index contributed by atoms with van der Waals surface area (Å²) in [5, 5.41) is 2.74. The average Bonchev–Trinajstić information content (AvgIpc) is 2.88. The fourth-order valence-corrected chi connectivity index (χ4v) is 5.50. The van der Waals surface area contributed by atoms with Gasteiger partial charge in [0, 0.05) is 13.1 Å². The highest BCUT2D eigenvalue weighted by molar-refractivity contribution is 7.92. The largest absolute Gasteiger partial charge is 0.355 e. The van der Waals surface area contributed by atoms with Crippen molar-refractivity contribution in [2.75, 3.05) is 17.4 Å². The van der Waals surface area contributed by atoms with Gasteiger partial charge < -0.3 is 10.2 Å². The number of hydrogen-bond donors (Lipinski definition) is 1. The summed E-state index contributed by atoms with van der Waals surface area (Å²) in [5.41, 5.74) is 0.572. The maximum absolute atomic E-state index is 13.7. The fourth-order valence-electron chi connectivity index (χ4n) is 3.61. The van der Waals surface area contributed by atoms with Gasteiger partial charge >= 0.3 is 0 Å². The van der Waals surface area contributed by atoms with Gasteiger partial charge in [0.05, 0.1) is 20.6 Å². The van der Waals surface area contributed by atoms with E-state index in [-0.39, 0.29) is 27.2 Å². The molecule has 0 fully saturated rings. The van der Waals surface area contributed by atoms with Crippen LogP contribution in [0.5, 0.6) is 0 Å². The van der Waals surface area contributed by atoms with Crippen molar-refractivity contribution < 1.29 is 22.4 Å². The summed E-state index contributed by atoms with van der Waals surface area (Å²) in [7, 11) is -4.26. The van der Waals surface area contributed by atoms with Crippen molar-refractivity contribution in [3.63, 3.8) is 0 Å². The topological polar surface area (TPSA) is 86.8 Å². The van der Waals surface area contributed by atoms with Crippen molar-refractivity contribution in [2.45, 2.75) is 31.3 Å². The molecule has 0 aromatic heterocycles. The summed E-state index contributed by atoms with van der Waals surface area (Å²) in [6, 6.07) is 16.6. The van der Waals surface area contributed by atoms with Crippen LogP contribution < -0.4 is 9.62 Å². The van der Waals surface area contributed by atoms with Crippen LogP contribution in [0.1, 0.15) is 19.4 Å². The molecule has 0 spiro atoms. The number of nitrogens with one attached hydrogen (secondary N) is 1. The fraction of sp³-hybridized carbons (Fsp3) is 0.231. The third-order valence-corrected chi connectivity index (χ3v) is 8.18. The summed E-state index contributed by atoms with van der Waals surface area (Å²) in [5.74, 6) is -1.54. The molecule has 0 saturated carbocycles. The lowest BCUT2D eigenvalue weighted by molar-refractivity contribution is -0.139. The van der Waals surface area contributed by atoms with Gasteiger partial charge in [-0.1, -0.05) is 59.6 Å². The average molecular weight is 566 g/mol. The van der Waals surface area contributed by atoms with E-state index < -0.39 is 40.2 Å². The minimum absolute atomic E-state index is 0.0127. The highest BCUT2D eigenvalue weighted by Gasteiger charge is 2.33. The molecule has 3 aromatic rings. The molecule has 0 aliphatic carbocycles. The van der Waals surface area contributed by atoms with Crippen LogP contribution in [-0.2, 0) is 26.2 Å². The van der Waals surface area contributed by atoms with E-state index in [4.69, 9.17) is 23.2 Å². The second-order valence-corrected chi connectivity index (χ2v) is 10.8. The first-order chi connectivity index (χ1) is 17.6. The maximum atomic E-state index is 13.7. The predicted octanol–water partition coefficient (Wildman–Crippen LogP) is 4.88. The van der Waals surface area contributed by atoms with E-state index in [1.807, 2.05) is 0 Å². The number of carbonyl (C=O) groups excluding carboxylic acids is 2. The lowest BCUT2D eigenvalue weighted by Crippen LogP contribution is -2.51. The summed E-state index contributed by atoms with van der Waals surface area (Å²) >= 11 is 12.5. The molecule has 1 N–H and O–H groups in total. The summed E-state index contributed by atoms with van der Waals surface area (Å²) in [4.78, 5) is 27.6. The Hall–Kier alpha value is -3.14. The van der Waals surface area contributed by atoms with Crippen molar-refractivity contribution in [3.8, 4) is 0 Å². The SMILES string of the molecule is CCNC(=O)[C@H](C)N(Cc1ccc(F)cc1)C(=O)CN(c1cccc(Cl)c1Cl)S(=O)(=O)c1ccccc1. The first-order valence-corrected chi connectivity index (χ1v) is 13.6. The molecule has 0 heterocycles. The van der Waals surface area contributed by atoms with Gasteiger partial charge in [0.2, 0.25) is 11.8 Å². The first kappa shape index (κ1) is 28.4. The number of rotatable bonds is 10. The minimum Gasteiger partial charge on any atom is -0.355 e. The number of sulfonamides is 1. The molecular formula is C26H26Cl2FN3O4S. The van der Waals surface area contributed by atoms with Crippen LogP contribution in [0.3, 0.4) is 0 Å². The van der Waals surface area contributed by atoms with E-state index in [9.17, 15) is 22.4 Å². The second kappa shape index (κ2) is 12.4. The highest BCUT2D eigenvalue weighted by atomic mass is 35.5. The molecule has 3 rings (SSSR count). The van der Waals surface area contributed by atoms with E-state index >= 15 is 0 Å². The number of amides is 2. The maximum Gasteiger partial charge on any atom is 0.264 e. The highest BCUT2D eigenvalue weighted by Crippen LogP contribution is 2.35. The monoisotopic (exact) mass is 565 g/mol. The van der Waals surface area contributed by atoms with Gasteiger partial charge in [-0.15, -0.1) is 0 Å². The molecule has 0 saturated heterocycles. The number of hydrogen-bond acceptors (Lipinski definition) is 4. The number of carbonyl (C=O) groups is 2. The zero-order valence-corrected chi connectivity index (χ0v) is 22.5. The molecule has 3 aromatic carbocycles. The van der Waals surface area contributed by atoms with Crippen molar-refractivity contribution >= 4 is 50.7 Å². The van der Waals surface area contributed by atoms with E-state index in [0.29, 0.717) is 12.1 Å². The van der Waals surface area contributed by atoms with Gasteiger partial charge in [0.25, 0.3) is 10.0 Å². The molecule has 0 aliphatic rings. The summed E-state index contributed by atoms with van der Waals surface area (Å²) < 4.78 is 41.7. The molecular weight excluding hydrogens is 540 g/mol. The normalized spacial score (nSPS) is 12.0. The second-order valence-electron chi connectivity index (χ2n) is 8.12. The Morgan fingerprint density at radius 3 is 2.24 bits per heavy atom. The molecule has 0 bridgehead atoms. The number of anilines is 1. The lowest BCUT2D eigenvalue weighted by Gasteiger charge is -2.32. The van der Waals surface area contributed by atoms with Crippen LogP contribution in [0.4, 0.5) is 10.1 Å². The van der Waals surface area contributed by atoms with Crippen molar-refractivity contribution in [1.82, 2.24) is 10.2 Å². The zero-order chi connectivity index (χ0) is 27.2. The van der Waals surface area contributed by atoms with Gasteiger partial charge in [0.15, 0.2) is 0 Å². The van der Waals surface area contributed by atoms with E-state index in [1.165, 1.54) is 66.4 Å². The smallest absolute Gasteiger partial charge is 0.264 e. The standard InChI is InChI=1S/C26H26Cl2FN3O4S/c1-3-30-26(34)18(2)31(16-19-12-14-20(29)15-13-19)24(33)17-32(23-11-7-10-22(27)25(23)28)37(35,36)21-8-5-4-6-9-21/h4-15,18H,3,16-17H2,1-2H3,(H,30,34)/t18-/m0/s1. The Balaban J connectivity index is 2.06. The lowest BCUT2D eigenvalue weighted by atomic mass is 10.1. The molecule has 37 heavy (non-hydrogen) atoms. The van der Waals surface area contributed by atoms with E-state index in [2.05, 4.69) is 5.32 Å². The van der Waals surface area contributed by atoms with Gasteiger partial charge in [-0.05, 0) is 55.8 Å². The first-order valence-electron chi connectivity index (χ1n) is 11.4. The predicted molar refractivity (Wildman–Crippen MR) is 143 cm³/mol. The number of likely N-dealkylation sites (N-methyl/N-ethyl adjacent to an activating group) is 1. The molecule has 7 nitrogen and oxygen atoms in total. The number of benzene rings is 3. The third kappa shape index (κ3) is 6.80. The van der Waals surface area contributed by atoms with Crippen LogP contribution in [0.25, 0.3) is 0 Å². The molecule has 2 amide bonds. The molecule has 196 valence electrons. The Labute approximate surface area is 225 Å². The van der Waals surface area contributed by atoms with E-state index in [1.54, 1.807) is 25.1 Å². The quantitative estimate of drug-likeness (QED) is 0.379. The van der Waals surface area contributed by atoms with Crippen molar-refractivity contribution in [1.29, 1.82) is 0 Å². The van der Waals surface area contributed by atoms with Crippen molar-refractivity contribution in [3.05, 3.63) is 94.2 Å². The van der Waals surface area contributed by atoms with Crippen LogP contribution >= 0.6 is 23.2 Å². The van der Waals surface area contributed by atoms with Gasteiger partial charge in [-0.25, -0.2) is 12.8 Å². The Morgan fingerprint density at radius 2 is 1.62 bits per heavy atom. The Morgan fingerprint density at radius 1 is 0.973 bits per heavy atom. The molecule has 1 atom stereocenters. The van der Waals surface area contributed by atoms with Gasteiger partial charge in [-0.2, -0.15) is 0 Å². The van der Waals surface area contributed by atoms with Crippen LogP contribution in [-0.4, -0.2) is 44.3 Å². The summed E-state index contributed by atoms with van der Waals surface area (Å²) in [6.45, 7) is 2.90.